The second-order valence-electron chi connectivity index (χ2n) is 7.22. The number of nitrogens with zero attached hydrogens (tertiary/aromatic N) is 2. The minimum atomic E-state index is -0.409. The van der Waals surface area contributed by atoms with Crippen molar-refractivity contribution in [2.75, 3.05) is 33.3 Å². The summed E-state index contributed by atoms with van der Waals surface area (Å²) >= 11 is 0. The average molecular weight is 342 g/mol. The lowest BCUT2D eigenvalue weighted by molar-refractivity contribution is -0.159. The maximum Gasteiger partial charge on any atom is 0.248 e. The van der Waals surface area contributed by atoms with Crippen molar-refractivity contribution in [3.8, 4) is 0 Å². The summed E-state index contributed by atoms with van der Waals surface area (Å²) in [5.41, 5.74) is 2.46. The third kappa shape index (κ3) is 2.91. The first kappa shape index (κ1) is 16.1. The molecule has 1 aromatic carbocycles. The molecule has 4 rings (SSSR count). The number of morpholine rings is 1. The average Bonchev–Trinajstić information content (AvgIpc) is 3.16. The van der Waals surface area contributed by atoms with Gasteiger partial charge in [0.25, 0.3) is 0 Å². The van der Waals surface area contributed by atoms with Crippen LogP contribution >= 0.6 is 0 Å². The molecular formula is C19H22N2O4. The highest BCUT2D eigenvalue weighted by molar-refractivity contribution is 5.88. The molecule has 0 saturated carbocycles. The van der Waals surface area contributed by atoms with Crippen LogP contribution < -0.4 is 0 Å². The zero-order valence-corrected chi connectivity index (χ0v) is 14.6. The molecule has 132 valence electrons. The lowest BCUT2D eigenvalue weighted by Gasteiger charge is -2.38. The van der Waals surface area contributed by atoms with E-state index in [9.17, 15) is 9.59 Å². The van der Waals surface area contributed by atoms with Gasteiger partial charge in [0.1, 0.15) is 17.8 Å². The van der Waals surface area contributed by atoms with Crippen LogP contribution in [0.3, 0.4) is 0 Å². The first-order chi connectivity index (χ1) is 12.0. The maximum atomic E-state index is 12.7. The largest absolute Gasteiger partial charge is 0.464 e. The van der Waals surface area contributed by atoms with Crippen molar-refractivity contribution in [1.29, 1.82) is 0 Å². The number of fused-ring (bicyclic) bond motifs is 1. The Kier molecular flexibility index (Phi) is 3.80. The summed E-state index contributed by atoms with van der Waals surface area (Å²) in [7, 11) is 1.79. The number of likely N-dealkylation sites (N-methyl/N-ethyl adjacent to an activating group) is 1. The number of furan rings is 1. The van der Waals surface area contributed by atoms with Gasteiger partial charge < -0.3 is 19.0 Å². The molecule has 0 N–H and O–H groups in total. The van der Waals surface area contributed by atoms with Crippen LogP contribution in [0, 0.1) is 6.92 Å². The van der Waals surface area contributed by atoms with E-state index in [0.717, 1.165) is 28.5 Å². The fourth-order valence-electron chi connectivity index (χ4n) is 3.80. The van der Waals surface area contributed by atoms with E-state index in [2.05, 4.69) is 0 Å². The number of carbonyl (C=O) groups is 2. The van der Waals surface area contributed by atoms with Gasteiger partial charge in [-0.3, -0.25) is 9.59 Å². The molecule has 1 atom stereocenters. The molecular weight excluding hydrogens is 320 g/mol. The highest BCUT2D eigenvalue weighted by Crippen LogP contribution is 2.30. The minimum absolute atomic E-state index is 0.00411. The highest BCUT2D eigenvalue weighted by Gasteiger charge is 2.45. The number of carbonyl (C=O) groups excluding carboxylic acids is 2. The van der Waals surface area contributed by atoms with Crippen molar-refractivity contribution < 1.29 is 18.7 Å². The molecule has 2 aliphatic rings. The Morgan fingerprint density at radius 2 is 2.16 bits per heavy atom. The van der Waals surface area contributed by atoms with Crippen LogP contribution in [0.4, 0.5) is 0 Å². The zero-order chi connectivity index (χ0) is 17.6. The van der Waals surface area contributed by atoms with Gasteiger partial charge in [-0.1, -0.05) is 12.1 Å². The van der Waals surface area contributed by atoms with Crippen LogP contribution in [0.5, 0.6) is 0 Å². The molecule has 2 aliphatic heterocycles. The predicted octanol–water partition coefficient (Wildman–Crippen LogP) is 1.74. The molecule has 0 radical (unpaired) electrons. The number of likely N-dealkylation sites (tertiary alicyclic amines) is 1. The van der Waals surface area contributed by atoms with E-state index in [-0.39, 0.29) is 18.4 Å². The van der Waals surface area contributed by atoms with E-state index in [1.807, 2.05) is 30.0 Å². The van der Waals surface area contributed by atoms with Crippen LogP contribution in [-0.2, 0) is 20.7 Å². The zero-order valence-electron chi connectivity index (χ0n) is 14.6. The van der Waals surface area contributed by atoms with Crippen molar-refractivity contribution in [2.24, 2.45) is 0 Å². The van der Waals surface area contributed by atoms with E-state index in [1.165, 1.54) is 0 Å². The molecule has 2 aromatic rings. The summed E-state index contributed by atoms with van der Waals surface area (Å²) in [4.78, 5) is 27.9. The van der Waals surface area contributed by atoms with Crippen molar-refractivity contribution in [3.05, 3.63) is 35.6 Å². The van der Waals surface area contributed by atoms with E-state index in [4.69, 9.17) is 9.15 Å². The lowest BCUT2D eigenvalue weighted by atomic mass is 10.0. The molecule has 6 heteroatoms. The first-order valence-corrected chi connectivity index (χ1v) is 8.58. The number of hydrogen-bond acceptors (Lipinski definition) is 4. The van der Waals surface area contributed by atoms with Crippen LogP contribution in [0.1, 0.15) is 17.5 Å². The summed E-state index contributed by atoms with van der Waals surface area (Å²) in [5, 5.41) is 0.993. The minimum Gasteiger partial charge on any atom is -0.464 e. The third-order valence-corrected chi connectivity index (χ3v) is 5.27. The normalized spacial score (nSPS) is 23.8. The van der Waals surface area contributed by atoms with Crippen LogP contribution in [0.15, 0.2) is 28.9 Å². The molecule has 0 aliphatic carbocycles. The molecule has 2 amide bonds. The SMILES string of the molecule is Cc1ccc2c(CC(=O)N3CC[C@@]4(CN(C)C(=O)CO4)C3)coc2c1. The molecule has 0 bridgehead atoms. The Labute approximate surface area is 146 Å². The molecule has 3 heterocycles. The van der Waals surface area contributed by atoms with Gasteiger partial charge in [0.15, 0.2) is 0 Å². The number of amides is 2. The van der Waals surface area contributed by atoms with Gasteiger partial charge in [-0.05, 0) is 25.0 Å². The third-order valence-electron chi connectivity index (χ3n) is 5.27. The van der Waals surface area contributed by atoms with Gasteiger partial charge in [0.05, 0.1) is 25.8 Å². The Morgan fingerprint density at radius 1 is 1.32 bits per heavy atom. The molecule has 1 aromatic heterocycles. The van der Waals surface area contributed by atoms with Crippen LogP contribution in [0.25, 0.3) is 11.0 Å². The number of aryl methyl sites for hydroxylation is 1. The lowest BCUT2D eigenvalue weighted by Crippen LogP contribution is -2.54. The second-order valence-corrected chi connectivity index (χ2v) is 7.22. The Hall–Kier alpha value is -2.34. The highest BCUT2D eigenvalue weighted by atomic mass is 16.5. The summed E-state index contributed by atoms with van der Waals surface area (Å²) < 4.78 is 11.4. The monoisotopic (exact) mass is 342 g/mol. The summed E-state index contributed by atoms with van der Waals surface area (Å²) in [6.07, 6.45) is 2.76. The Balaban J connectivity index is 1.46. The second kappa shape index (κ2) is 5.88. The van der Waals surface area contributed by atoms with Gasteiger partial charge in [-0.15, -0.1) is 0 Å². The fourth-order valence-corrected chi connectivity index (χ4v) is 3.80. The van der Waals surface area contributed by atoms with Gasteiger partial charge in [-0.25, -0.2) is 0 Å². The van der Waals surface area contributed by atoms with Crippen LogP contribution in [0.2, 0.25) is 0 Å². The van der Waals surface area contributed by atoms with Gasteiger partial charge in [0, 0.05) is 24.5 Å². The van der Waals surface area contributed by atoms with E-state index in [1.54, 1.807) is 18.2 Å². The van der Waals surface area contributed by atoms with Crippen LogP contribution in [-0.4, -0.2) is 60.5 Å². The Bertz CT molecular complexity index is 843. The topological polar surface area (TPSA) is 63.0 Å². The van der Waals surface area contributed by atoms with Gasteiger partial charge in [0.2, 0.25) is 11.8 Å². The number of hydrogen-bond donors (Lipinski definition) is 0. The van der Waals surface area contributed by atoms with Crippen molar-refractivity contribution in [2.45, 2.75) is 25.4 Å². The standard InChI is InChI=1S/C19H22N2O4/c1-13-3-4-15-14(9-24-16(15)7-13)8-17(22)21-6-5-19(12-21)11-20(2)18(23)10-25-19/h3-4,7,9H,5-6,8,10-12H2,1-2H3/t19-/m1/s1. The van der Waals surface area contributed by atoms with Crippen molar-refractivity contribution in [3.63, 3.8) is 0 Å². The first-order valence-electron chi connectivity index (χ1n) is 8.58. The summed E-state index contributed by atoms with van der Waals surface area (Å²) in [5.74, 6) is 0.0684. The molecule has 2 saturated heterocycles. The van der Waals surface area contributed by atoms with E-state index >= 15 is 0 Å². The number of benzene rings is 1. The van der Waals surface area contributed by atoms with E-state index in [0.29, 0.717) is 26.1 Å². The van der Waals surface area contributed by atoms with Gasteiger partial charge >= 0.3 is 0 Å². The van der Waals surface area contributed by atoms with E-state index < -0.39 is 5.60 Å². The predicted molar refractivity (Wildman–Crippen MR) is 92.2 cm³/mol. The fraction of sp³-hybridized carbons (Fsp3) is 0.474. The molecule has 2 fully saturated rings. The molecule has 0 unspecified atom stereocenters. The quantitative estimate of drug-likeness (QED) is 0.834. The molecule has 1 spiro atoms. The van der Waals surface area contributed by atoms with Gasteiger partial charge in [-0.2, -0.15) is 0 Å². The molecule has 6 nitrogen and oxygen atoms in total. The number of ether oxygens (including phenoxy) is 1. The van der Waals surface area contributed by atoms with Crippen molar-refractivity contribution >= 4 is 22.8 Å². The molecule has 25 heavy (non-hydrogen) atoms. The van der Waals surface area contributed by atoms with Crippen molar-refractivity contribution in [1.82, 2.24) is 9.80 Å². The number of rotatable bonds is 2. The summed E-state index contributed by atoms with van der Waals surface area (Å²) in [6.45, 7) is 3.87. The smallest absolute Gasteiger partial charge is 0.248 e. The maximum absolute atomic E-state index is 12.7. The summed E-state index contributed by atoms with van der Waals surface area (Å²) in [6, 6.07) is 6.02. The Morgan fingerprint density at radius 3 is 2.96 bits per heavy atom.